The third-order valence-corrected chi connectivity index (χ3v) is 4.14. The number of amides is 1. The number of benzene rings is 3. The summed E-state index contributed by atoms with van der Waals surface area (Å²) >= 11 is 6.00. The number of hydrogen-bond donors (Lipinski definition) is 1. The zero-order valence-electron chi connectivity index (χ0n) is 12.9. The summed E-state index contributed by atoms with van der Waals surface area (Å²) in [5.41, 5.74) is 2.02. The van der Waals surface area contributed by atoms with Gasteiger partial charge in [0.05, 0.1) is 12.5 Å². The number of carbonyl (C=O) groups is 1. The van der Waals surface area contributed by atoms with Crippen molar-refractivity contribution in [3.05, 3.63) is 82.9 Å². The zero-order chi connectivity index (χ0) is 16.2. The second kappa shape index (κ2) is 6.84. The fraction of sp³-hybridized carbons (Fsp3) is 0.150. The Morgan fingerprint density at radius 2 is 1.78 bits per heavy atom. The van der Waals surface area contributed by atoms with Crippen molar-refractivity contribution in [2.24, 2.45) is 0 Å². The van der Waals surface area contributed by atoms with Gasteiger partial charge in [0.1, 0.15) is 0 Å². The third-order valence-electron chi connectivity index (χ3n) is 3.90. The van der Waals surface area contributed by atoms with Crippen LogP contribution >= 0.6 is 11.6 Å². The summed E-state index contributed by atoms with van der Waals surface area (Å²) in [6.45, 7) is 1.96. The van der Waals surface area contributed by atoms with Crippen molar-refractivity contribution in [3.8, 4) is 0 Å². The van der Waals surface area contributed by atoms with Gasteiger partial charge < -0.3 is 5.32 Å². The maximum absolute atomic E-state index is 12.3. The van der Waals surface area contributed by atoms with Gasteiger partial charge in [0.2, 0.25) is 5.91 Å². The standard InChI is InChI=1S/C20H18ClNO/c1-14(17-7-4-8-19(21)13-17)22-20(23)12-15-9-10-16-5-2-3-6-18(16)11-15/h2-11,13-14H,12H2,1H3,(H,22,23)/t14-/m0/s1. The molecule has 0 unspecified atom stereocenters. The maximum Gasteiger partial charge on any atom is 0.224 e. The van der Waals surface area contributed by atoms with Crippen LogP contribution in [0.3, 0.4) is 0 Å². The van der Waals surface area contributed by atoms with Crippen LogP contribution in [0.1, 0.15) is 24.1 Å². The topological polar surface area (TPSA) is 29.1 Å². The molecule has 1 amide bonds. The van der Waals surface area contributed by atoms with E-state index in [2.05, 4.69) is 29.6 Å². The van der Waals surface area contributed by atoms with Crippen molar-refractivity contribution >= 4 is 28.3 Å². The van der Waals surface area contributed by atoms with Crippen LogP contribution in [0.4, 0.5) is 0 Å². The Balaban J connectivity index is 1.68. The third kappa shape index (κ3) is 3.91. The Bertz CT molecular complexity index is 844. The predicted octanol–water partition coefficient (Wildman–Crippen LogP) is 4.91. The fourth-order valence-corrected chi connectivity index (χ4v) is 2.88. The summed E-state index contributed by atoms with van der Waals surface area (Å²) in [5, 5.41) is 6.04. The Labute approximate surface area is 141 Å². The molecule has 3 aromatic carbocycles. The second-order valence-corrected chi connectivity index (χ2v) is 6.14. The number of fused-ring (bicyclic) bond motifs is 1. The van der Waals surface area contributed by atoms with Crippen molar-refractivity contribution in [1.82, 2.24) is 5.32 Å². The molecular weight excluding hydrogens is 306 g/mol. The van der Waals surface area contributed by atoms with Crippen molar-refractivity contribution in [3.63, 3.8) is 0 Å². The molecule has 0 aliphatic rings. The average molecular weight is 324 g/mol. The summed E-state index contributed by atoms with van der Waals surface area (Å²) in [7, 11) is 0. The van der Waals surface area contributed by atoms with E-state index in [9.17, 15) is 4.79 Å². The summed E-state index contributed by atoms with van der Waals surface area (Å²) in [6, 6.07) is 21.8. The van der Waals surface area contributed by atoms with Gasteiger partial charge in [-0.05, 0) is 41.0 Å². The van der Waals surface area contributed by atoms with Gasteiger partial charge in [-0.25, -0.2) is 0 Å². The van der Waals surface area contributed by atoms with E-state index in [4.69, 9.17) is 11.6 Å². The van der Waals surface area contributed by atoms with E-state index in [-0.39, 0.29) is 11.9 Å². The molecule has 2 nitrogen and oxygen atoms in total. The molecule has 0 saturated carbocycles. The first-order valence-corrected chi connectivity index (χ1v) is 8.02. The van der Waals surface area contributed by atoms with Crippen molar-refractivity contribution in [1.29, 1.82) is 0 Å². The van der Waals surface area contributed by atoms with Crippen LogP contribution in [0, 0.1) is 0 Å². The van der Waals surface area contributed by atoms with Crippen LogP contribution in [-0.2, 0) is 11.2 Å². The lowest BCUT2D eigenvalue weighted by atomic mass is 10.0. The van der Waals surface area contributed by atoms with Crippen LogP contribution in [-0.4, -0.2) is 5.91 Å². The zero-order valence-corrected chi connectivity index (χ0v) is 13.7. The number of halogens is 1. The van der Waals surface area contributed by atoms with Gasteiger partial charge in [0.25, 0.3) is 0 Å². The molecule has 0 bridgehead atoms. The average Bonchev–Trinajstić information content (AvgIpc) is 2.54. The number of rotatable bonds is 4. The molecule has 0 heterocycles. The smallest absolute Gasteiger partial charge is 0.224 e. The van der Waals surface area contributed by atoms with Gasteiger partial charge in [0.15, 0.2) is 0 Å². The highest BCUT2D eigenvalue weighted by Crippen LogP contribution is 2.18. The van der Waals surface area contributed by atoms with Gasteiger partial charge in [-0.2, -0.15) is 0 Å². The molecule has 3 heteroatoms. The molecule has 0 aliphatic carbocycles. The van der Waals surface area contributed by atoms with Gasteiger partial charge in [0, 0.05) is 5.02 Å². The number of hydrogen-bond acceptors (Lipinski definition) is 1. The second-order valence-electron chi connectivity index (χ2n) is 5.70. The summed E-state index contributed by atoms with van der Waals surface area (Å²) < 4.78 is 0. The Morgan fingerprint density at radius 1 is 1.00 bits per heavy atom. The van der Waals surface area contributed by atoms with Gasteiger partial charge in [-0.1, -0.05) is 66.2 Å². The predicted molar refractivity (Wildman–Crippen MR) is 95.7 cm³/mol. The fourth-order valence-electron chi connectivity index (χ4n) is 2.69. The Morgan fingerprint density at radius 3 is 2.57 bits per heavy atom. The molecule has 0 aliphatic heterocycles. The van der Waals surface area contributed by atoms with E-state index < -0.39 is 0 Å². The Kier molecular flexibility index (Phi) is 4.63. The summed E-state index contributed by atoms with van der Waals surface area (Å²) in [5.74, 6) is 0.00718. The lowest BCUT2D eigenvalue weighted by Gasteiger charge is -2.15. The molecule has 0 aromatic heterocycles. The van der Waals surface area contributed by atoms with E-state index in [0.29, 0.717) is 11.4 Å². The first-order chi connectivity index (χ1) is 11.1. The minimum atomic E-state index is -0.0679. The SMILES string of the molecule is C[C@H](NC(=O)Cc1ccc2ccccc2c1)c1cccc(Cl)c1. The highest BCUT2D eigenvalue weighted by Gasteiger charge is 2.10. The van der Waals surface area contributed by atoms with E-state index >= 15 is 0 Å². The lowest BCUT2D eigenvalue weighted by molar-refractivity contribution is -0.121. The highest BCUT2D eigenvalue weighted by atomic mass is 35.5. The largest absolute Gasteiger partial charge is 0.349 e. The molecule has 3 aromatic rings. The first kappa shape index (κ1) is 15.6. The molecule has 1 N–H and O–H groups in total. The summed E-state index contributed by atoms with van der Waals surface area (Å²) in [4.78, 5) is 12.3. The monoisotopic (exact) mass is 323 g/mol. The molecule has 0 radical (unpaired) electrons. The molecule has 1 atom stereocenters. The van der Waals surface area contributed by atoms with E-state index in [0.717, 1.165) is 16.5 Å². The first-order valence-electron chi connectivity index (χ1n) is 7.64. The molecule has 23 heavy (non-hydrogen) atoms. The number of carbonyl (C=O) groups excluding carboxylic acids is 1. The molecule has 0 spiro atoms. The van der Waals surface area contributed by atoms with Crippen molar-refractivity contribution in [2.75, 3.05) is 0 Å². The van der Waals surface area contributed by atoms with Gasteiger partial charge >= 0.3 is 0 Å². The van der Waals surface area contributed by atoms with Crippen LogP contribution in [0.5, 0.6) is 0 Å². The molecule has 116 valence electrons. The van der Waals surface area contributed by atoms with Gasteiger partial charge in [-0.15, -0.1) is 0 Å². The maximum atomic E-state index is 12.3. The minimum absolute atomic E-state index is 0.00718. The van der Waals surface area contributed by atoms with Crippen molar-refractivity contribution < 1.29 is 4.79 Å². The molecule has 0 saturated heterocycles. The highest BCUT2D eigenvalue weighted by molar-refractivity contribution is 6.30. The molecular formula is C20H18ClNO. The number of nitrogens with one attached hydrogen (secondary N) is 1. The quantitative estimate of drug-likeness (QED) is 0.726. The van der Waals surface area contributed by atoms with Crippen LogP contribution in [0.2, 0.25) is 5.02 Å². The summed E-state index contributed by atoms with van der Waals surface area (Å²) in [6.07, 6.45) is 0.371. The van der Waals surface area contributed by atoms with Gasteiger partial charge in [-0.3, -0.25) is 4.79 Å². The van der Waals surface area contributed by atoms with E-state index in [1.807, 2.05) is 49.4 Å². The Hall–Kier alpha value is -2.32. The normalized spacial score (nSPS) is 12.1. The molecule has 3 rings (SSSR count). The van der Waals surface area contributed by atoms with E-state index in [1.165, 1.54) is 5.39 Å². The van der Waals surface area contributed by atoms with E-state index in [1.54, 1.807) is 0 Å². The minimum Gasteiger partial charge on any atom is -0.349 e. The lowest BCUT2D eigenvalue weighted by Crippen LogP contribution is -2.28. The van der Waals surface area contributed by atoms with Crippen LogP contribution < -0.4 is 5.32 Å². The van der Waals surface area contributed by atoms with Crippen molar-refractivity contribution in [2.45, 2.75) is 19.4 Å². The van der Waals surface area contributed by atoms with Crippen LogP contribution in [0.15, 0.2) is 66.7 Å². The molecule has 0 fully saturated rings. The van der Waals surface area contributed by atoms with Crippen LogP contribution in [0.25, 0.3) is 10.8 Å².